The Labute approximate surface area is 132 Å². The van der Waals surface area contributed by atoms with E-state index in [2.05, 4.69) is 0 Å². The molecule has 0 saturated heterocycles. The predicted octanol–water partition coefficient (Wildman–Crippen LogP) is 3.65. The van der Waals surface area contributed by atoms with E-state index in [9.17, 15) is 9.59 Å². The number of hydrogen-bond acceptors (Lipinski definition) is 3. The first kappa shape index (κ1) is 17.1. The van der Waals surface area contributed by atoms with E-state index in [0.717, 1.165) is 4.90 Å². The smallest absolute Gasteiger partial charge is 0.329 e. The van der Waals surface area contributed by atoms with Crippen LogP contribution in [-0.4, -0.2) is 40.7 Å². The van der Waals surface area contributed by atoms with Crippen molar-refractivity contribution in [1.29, 1.82) is 0 Å². The third kappa shape index (κ3) is 3.22. The van der Waals surface area contributed by atoms with Gasteiger partial charge in [0, 0.05) is 11.9 Å². The molecule has 1 N–H and O–H groups in total. The second-order valence-electron chi connectivity index (χ2n) is 4.69. The molecule has 4 nitrogen and oxygen atoms in total. The van der Waals surface area contributed by atoms with Crippen molar-refractivity contribution in [2.24, 2.45) is 0 Å². The molecule has 0 saturated carbocycles. The van der Waals surface area contributed by atoms with Crippen LogP contribution in [-0.2, 0) is 4.79 Å². The Morgan fingerprint density at radius 3 is 2.25 bits per heavy atom. The Balaban J connectivity index is 3.25. The molecular weight excluding hydrogens is 321 g/mol. The largest absolute Gasteiger partial charge is 0.480 e. The maximum atomic E-state index is 12.4. The lowest BCUT2D eigenvalue weighted by Gasteiger charge is -2.31. The fourth-order valence-electron chi connectivity index (χ4n) is 1.43. The number of amides is 1. The minimum Gasteiger partial charge on any atom is -0.480 e. The van der Waals surface area contributed by atoms with Crippen molar-refractivity contribution in [2.75, 3.05) is 13.3 Å². The van der Waals surface area contributed by atoms with Crippen LogP contribution in [0.2, 0.25) is 10.0 Å². The van der Waals surface area contributed by atoms with Crippen LogP contribution in [0.1, 0.15) is 24.2 Å². The molecule has 1 amide bonds. The van der Waals surface area contributed by atoms with E-state index in [1.54, 1.807) is 6.07 Å². The van der Waals surface area contributed by atoms with Crippen LogP contribution in [0.3, 0.4) is 0 Å². The van der Waals surface area contributed by atoms with Gasteiger partial charge in [0.2, 0.25) is 0 Å². The van der Waals surface area contributed by atoms with Gasteiger partial charge in [-0.2, -0.15) is 0 Å². The van der Waals surface area contributed by atoms with Crippen LogP contribution in [0.4, 0.5) is 0 Å². The number of thioether (sulfide) groups is 1. The summed E-state index contributed by atoms with van der Waals surface area (Å²) in [4.78, 5) is 25.5. The fraction of sp³-hybridized carbons (Fsp3) is 0.385. The summed E-state index contributed by atoms with van der Waals surface area (Å²) in [5, 5.41) is 9.83. The van der Waals surface area contributed by atoms with Gasteiger partial charge in [-0.05, 0) is 32.2 Å². The van der Waals surface area contributed by atoms with Gasteiger partial charge in [0.1, 0.15) is 5.54 Å². The standard InChI is InChI=1S/C13H15Cl2NO3S/c1-13(2,12(18)19)16(3)11(17)7-5-10(20-4)9(15)6-8(7)14/h5-6H,1-4H3,(H,18,19). The van der Waals surface area contributed by atoms with E-state index in [1.807, 2.05) is 6.26 Å². The summed E-state index contributed by atoms with van der Waals surface area (Å²) in [5.74, 6) is -1.56. The number of hydrogen-bond donors (Lipinski definition) is 1. The molecule has 0 bridgehead atoms. The Kier molecular flexibility index (Phi) is 5.35. The number of carbonyl (C=O) groups is 2. The average molecular weight is 336 g/mol. The second-order valence-corrected chi connectivity index (χ2v) is 6.36. The number of carboxylic acids is 1. The van der Waals surface area contributed by atoms with Crippen molar-refractivity contribution < 1.29 is 14.7 Å². The lowest BCUT2D eigenvalue weighted by molar-refractivity contribution is -0.147. The number of rotatable bonds is 4. The third-order valence-electron chi connectivity index (χ3n) is 3.14. The van der Waals surface area contributed by atoms with Crippen LogP contribution in [0.5, 0.6) is 0 Å². The Morgan fingerprint density at radius 1 is 1.25 bits per heavy atom. The SMILES string of the molecule is CSc1cc(C(=O)N(C)C(C)(C)C(=O)O)c(Cl)cc1Cl. The van der Waals surface area contributed by atoms with Crippen molar-refractivity contribution >= 4 is 46.8 Å². The minimum absolute atomic E-state index is 0.200. The van der Waals surface area contributed by atoms with Gasteiger partial charge in [-0.3, -0.25) is 4.79 Å². The number of nitrogens with zero attached hydrogens (tertiary/aromatic N) is 1. The zero-order chi connectivity index (χ0) is 15.7. The lowest BCUT2D eigenvalue weighted by atomic mass is 10.0. The van der Waals surface area contributed by atoms with Crippen molar-refractivity contribution in [1.82, 2.24) is 4.90 Å². The minimum atomic E-state index is -1.33. The van der Waals surface area contributed by atoms with Crippen molar-refractivity contribution in [2.45, 2.75) is 24.3 Å². The number of aliphatic carboxylic acids is 1. The van der Waals surface area contributed by atoms with E-state index < -0.39 is 17.4 Å². The van der Waals surface area contributed by atoms with Gasteiger partial charge in [0.05, 0.1) is 15.6 Å². The van der Waals surface area contributed by atoms with Gasteiger partial charge >= 0.3 is 5.97 Å². The third-order valence-corrected chi connectivity index (χ3v) is 4.65. The molecule has 20 heavy (non-hydrogen) atoms. The molecule has 0 atom stereocenters. The highest BCUT2D eigenvalue weighted by Gasteiger charge is 2.36. The number of likely N-dealkylation sites (N-methyl/N-ethyl adjacent to an activating group) is 1. The first-order chi connectivity index (χ1) is 9.12. The van der Waals surface area contributed by atoms with Gasteiger partial charge in [0.25, 0.3) is 5.91 Å². The zero-order valence-corrected chi connectivity index (χ0v) is 13.9. The second kappa shape index (κ2) is 6.24. The van der Waals surface area contributed by atoms with Crippen LogP contribution >= 0.6 is 35.0 Å². The monoisotopic (exact) mass is 335 g/mol. The zero-order valence-electron chi connectivity index (χ0n) is 11.5. The molecule has 0 radical (unpaired) electrons. The maximum absolute atomic E-state index is 12.4. The van der Waals surface area contributed by atoms with E-state index in [-0.39, 0.29) is 10.6 Å². The maximum Gasteiger partial charge on any atom is 0.329 e. The van der Waals surface area contributed by atoms with Crippen LogP contribution in [0, 0.1) is 0 Å². The summed E-state index contributed by atoms with van der Waals surface area (Å²) in [7, 11) is 1.43. The molecule has 0 aromatic heterocycles. The highest BCUT2D eigenvalue weighted by molar-refractivity contribution is 7.98. The highest BCUT2D eigenvalue weighted by atomic mass is 35.5. The quantitative estimate of drug-likeness (QED) is 0.853. The van der Waals surface area contributed by atoms with Crippen LogP contribution < -0.4 is 0 Å². The summed E-state index contributed by atoms with van der Waals surface area (Å²) in [6, 6.07) is 3.07. The molecule has 0 aliphatic carbocycles. The van der Waals surface area contributed by atoms with Crippen molar-refractivity contribution in [3.05, 3.63) is 27.7 Å². The Hall–Kier alpha value is -0.910. The summed E-state index contributed by atoms with van der Waals surface area (Å²) in [6.45, 7) is 2.90. The Bertz CT molecular complexity index is 561. The molecule has 1 rings (SSSR count). The molecule has 0 aliphatic heterocycles. The Morgan fingerprint density at radius 2 is 1.80 bits per heavy atom. The summed E-state index contributed by atoms with van der Waals surface area (Å²) in [5.41, 5.74) is -1.10. The lowest BCUT2D eigenvalue weighted by Crippen LogP contribution is -2.50. The topological polar surface area (TPSA) is 57.6 Å². The van der Waals surface area contributed by atoms with Gasteiger partial charge in [-0.1, -0.05) is 23.2 Å². The molecule has 1 aromatic carbocycles. The van der Waals surface area contributed by atoms with Crippen LogP contribution in [0.25, 0.3) is 0 Å². The number of carbonyl (C=O) groups excluding carboxylic acids is 1. The molecule has 0 fully saturated rings. The molecule has 7 heteroatoms. The van der Waals surface area contributed by atoms with E-state index in [4.69, 9.17) is 28.3 Å². The van der Waals surface area contributed by atoms with Gasteiger partial charge in [0.15, 0.2) is 0 Å². The number of benzene rings is 1. The van der Waals surface area contributed by atoms with Crippen molar-refractivity contribution in [3.8, 4) is 0 Å². The average Bonchev–Trinajstić information content (AvgIpc) is 2.37. The summed E-state index contributed by atoms with van der Waals surface area (Å²) in [6.07, 6.45) is 1.83. The van der Waals surface area contributed by atoms with E-state index >= 15 is 0 Å². The molecule has 1 aromatic rings. The highest BCUT2D eigenvalue weighted by Crippen LogP contribution is 2.32. The van der Waals surface area contributed by atoms with E-state index in [1.165, 1.54) is 38.7 Å². The van der Waals surface area contributed by atoms with Gasteiger partial charge < -0.3 is 10.0 Å². The molecular formula is C13H15Cl2NO3S. The summed E-state index contributed by atoms with van der Waals surface area (Å²) >= 11 is 13.4. The van der Waals surface area contributed by atoms with E-state index in [0.29, 0.717) is 9.92 Å². The molecule has 0 spiro atoms. The van der Waals surface area contributed by atoms with Crippen LogP contribution in [0.15, 0.2) is 17.0 Å². The molecule has 0 heterocycles. The fourth-order valence-corrected chi connectivity index (χ4v) is 2.61. The molecule has 110 valence electrons. The van der Waals surface area contributed by atoms with Crippen molar-refractivity contribution in [3.63, 3.8) is 0 Å². The first-order valence-corrected chi connectivity index (χ1v) is 7.65. The number of carboxylic acid groups (broad SMARTS) is 1. The predicted molar refractivity (Wildman–Crippen MR) is 82.1 cm³/mol. The van der Waals surface area contributed by atoms with Gasteiger partial charge in [-0.25, -0.2) is 4.79 Å². The molecule has 0 unspecified atom stereocenters. The normalized spacial score (nSPS) is 11.3. The first-order valence-electron chi connectivity index (χ1n) is 5.67. The van der Waals surface area contributed by atoms with Gasteiger partial charge in [-0.15, -0.1) is 11.8 Å². The summed E-state index contributed by atoms with van der Waals surface area (Å²) < 4.78 is 0. The number of halogens is 2. The molecule has 0 aliphatic rings.